The minimum atomic E-state index is 0.471. The maximum atomic E-state index is 5.34. The van der Waals surface area contributed by atoms with Crippen LogP contribution < -0.4 is 5.32 Å². The zero-order valence-electron chi connectivity index (χ0n) is 7.53. The van der Waals surface area contributed by atoms with Gasteiger partial charge in [-0.05, 0) is 12.8 Å². The van der Waals surface area contributed by atoms with Crippen LogP contribution in [0, 0.1) is 0 Å². The number of ether oxygens (including phenoxy) is 1. The van der Waals surface area contributed by atoms with Gasteiger partial charge in [0.15, 0.2) is 0 Å². The Morgan fingerprint density at radius 3 is 3.31 bits per heavy atom. The second-order valence-electron chi connectivity index (χ2n) is 3.27. The Bertz CT molecular complexity index is 230. The lowest BCUT2D eigenvalue weighted by Gasteiger charge is -2.22. The van der Waals surface area contributed by atoms with Gasteiger partial charge in [0.2, 0.25) is 0 Å². The molecule has 1 N–H and O–H groups in total. The monoisotopic (exact) mass is 182 g/mol. The van der Waals surface area contributed by atoms with Crippen LogP contribution in [0.15, 0.2) is 16.8 Å². The van der Waals surface area contributed by atoms with Gasteiger partial charge in [-0.15, -0.1) is 0 Å². The van der Waals surface area contributed by atoms with Crippen LogP contribution in [0.4, 0.5) is 0 Å². The zero-order valence-corrected chi connectivity index (χ0v) is 7.53. The number of nitrogens with zero attached hydrogens (tertiary/aromatic N) is 1. The van der Waals surface area contributed by atoms with E-state index in [1.54, 1.807) is 6.20 Å². The first kappa shape index (κ1) is 8.72. The molecule has 1 atom stereocenters. The van der Waals surface area contributed by atoms with E-state index in [0.717, 1.165) is 31.9 Å². The van der Waals surface area contributed by atoms with Crippen LogP contribution in [-0.4, -0.2) is 24.4 Å². The molecule has 0 spiro atoms. The molecule has 1 aromatic rings. The number of aromatic nitrogens is 1. The van der Waals surface area contributed by atoms with Crippen molar-refractivity contribution in [3.63, 3.8) is 0 Å². The van der Waals surface area contributed by atoms with E-state index in [-0.39, 0.29) is 0 Å². The van der Waals surface area contributed by atoms with Gasteiger partial charge in [0.05, 0.1) is 19.3 Å². The van der Waals surface area contributed by atoms with Gasteiger partial charge in [-0.25, -0.2) is 0 Å². The van der Waals surface area contributed by atoms with Crippen LogP contribution in [-0.2, 0) is 11.3 Å². The molecule has 0 aromatic carbocycles. The largest absolute Gasteiger partial charge is 0.380 e. The Labute approximate surface area is 77.2 Å². The van der Waals surface area contributed by atoms with Gasteiger partial charge < -0.3 is 14.6 Å². The molecule has 13 heavy (non-hydrogen) atoms. The van der Waals surface area contributed by atoms with Gasteiger partial charge in [-0.2, -0.15) is 0 Å². The molecule has 1 aliphatic heterocycles. The summed E-state index contributed by atoms with van der Waals surface area (Å²) in [5, 5.41) is 7.00. The van der Waals surface area contributed by atoms with E-state index in [2.05, 4.69) is 10.5 Å². The fourth-order valence-electron chi connectivity index (χ4n) is 1.48. The lowest BCUT2D eigenvalue weighted by Crippen LogP contribution is -2.36. The summed E-state index contributed by atoms with van der Waals surface area (Å²) < 4.78 is 10.3. The molecule has 0 amide bonds. The molecule has 1 unspecified atom stereocenters. The lowest BCUT2D eigenvalue weighted by atomic mass is 10.1. The molecule has 1 saturated heterocycles. The van der Waals surface area contributed by atoms with E-state index in [4.69, 9.17) is 9.26 Å². The quantitative estimate of drug-likeness (QED) is 0.755. The first-order valence-corrected chi connectivity index (χ1v) is 4.66. The molecular formula is C9H14N2O2. The summed E-state index contributed by atoms with van der Waals surface area (Å²) in [4.78, 5) is 0. The number of hydrogen-bond donors (Lipinski definition) is 1. The Balaban J connectivity index is 1.72. The Morgan fingerprint density at radius 1 is 1.62 bits per heavy atom. The van der Waals surface area contributed by atoms with E-state index >= 15 is 0 Å². The average Bonchev–Trinajstić information content (AvgIpc) is 2.69. The van der Waals surface area contributed by atoms with E-state index < -0.39 is 0 Å². The molecule has 4 heteroatoms. The fourth-order valence-corrected chi connectivity index (χ4v) is 1.48. The number of nitrogens with one attached hydrogen (secondary N) is 1. The summed E-state index contributed by atoms with van der Waals surface area (Å²) in [7, 11) is 0. The van der Waals surface area contributed by atoms with Gasteiger partial charge in [0, 0.05) is 18.7 Å². The molecular weight excluding hydrogens is 168 g/mol. The number of rotatable bonds is 3. The van der Waals surface area contributed by atoms with Gasteiger partial charge >= 0.3 is 0 Å². The van der Waals surface area contributed by atoms with Crippen molar-refractivity contribution in [1.29, 1.82) is 0 Å². The summed E-state index contributed by atoms with van der Waals surface area (Å²) in [5.41, 5.74) is 0. The topological polar surface area (TPSA) is 47.3 Å². The molecule has 2 rings (SSSR count). The standard InChI is InChI=1S/C9H14N2O2/c1-2-8(7-12-5-1)10-6-9-3-4-11-13-9/h3-4,8,10H,1-2,5-7H2. The predicted molar refractivity (Wildman–Crippen MR) is 47.2 cm³/mol. The predicted octanol–water partition coefficient (Wildman–Crippen LogP) is 0.943. The molecule has 1 aliphatic rings. The van der Waals surface area contributed by atoms with E-state index in [9.17, 15) is 0 Å². The molecule has 2 heterocycles. The summed E-state index contributed by atoms with van der Waals surface area (Å²) in [5.74, 6) is 0.880. The van der Waals surface area contributed by atoms with Crippen LogP contribution in [0.25, 0.3) is 0 Å². The van der Waals surface area contributed by atoms with Crippen LogP contribution >= 0.6 is 0 Å². The highest BCUT2D eigenvalue weighted by molar-refractivity contribution is 4.92. The summed E-state index contributed by atoms with van der Waals surface area (Å²) in [6.45, 7) is 2.46. The van der Waals surface area contributed by atoms with Crippen molar-refractivity contribution in [2.24, 2.45) is 0 Å². The van der Waals surface area contributed by atoms with Crippen molar-refractivity contribution in [3.05, 3.63) is 18.0 Å². The van der Waals surface area contributed by atoms with E-state index in [1.807, 2.05) is 6.07 Å². The number of hydrogen-bond acceptors (Lipinski definition) is 4. The second kappa shape index (κ2) is 4.39. The SMILES string of the molecule is c1cc(CNC2CCCOC2)on1. The third kappa shape index (κ3) is 2.54. The van der Waals surface area contributed by atoms with Crippen molar-refractivity contribution in [2.45, 2.75) is 25.4 Å². The Morgan fingerprint density at radius 2 is 2.62 bits per heavy atom. The third-order valence-electron chi connectivity index (χ3n) is 2.22. The van der Waals surface area contributed by atoms with E-state index in [1.165, 1.54) is 6.42 Å². The van der Waals surface area contributed by atoms with Crippen molar-refractivity contribution in [1.82, 2.24) is 10.5 Å². The van der Waals surface area contributed by atoms with Crippen molar-refractivity contribution in [3.8, 4) is 0 Å². The first-order valence-electron chi connectivity index (χ1n) is 4.66. The molecule has 0 aliphatic carbocycles. The normalized spacial score (nSPS) is 23.2. The maximum Gasteiger partial charge on any atom is 0.150 e. The van der Waals surface area contributed by atoms with E-state index in [0.29, 0.717) is 6.04 Å². The van der Waals surface area contributed by atoms with Crippen molar-refractivity contribution < 1.29 is 9.26 Å². The highest BCUT2D eigenvalue weighted by atomic mass is 16.5. The van der Waals surface area contributed by atoms with Crippen LogP contribution in [0.3, 0.4) is 0 Å². The third-order valence-corrected chi connectivity index (χ3v) is 2.22. The summed E-state index contributed by atoms with van der Waals surface area (Å²) in [6, 6.07) is 2.34. The van der Waals surface area contributed by atoms with Crippen molar-refractivity contribution >= 4 is 0 Å². The molecule has 1 fully saturated rings. The smallest absolute Gasteiger partial charge is 0.150 e. The summed E-state index contributed by atoms with van der Waals surface area (Å²) >= 11 is 0. The average molecular weight is 182 g/mol. The van der Waals surface area contributed by atoms with Crippen LogP contribution in [0.2, 0.25) is 0 Å². The van der Waals surface area contributed by atoms with Gasteiger partial charge in [0.1, 0.15) is 5.76 Å². The van der Waals surface area contributed by atoms with Crippen molar-refractivity contribution in [2.75, 3.05) is 13.2 Å². The zero-order chi connectivity index (χ0) is 8.93. The molecule has 4 nitrogen and oxygen atoms in total. The highest BCUT2D eigenvalue weighted by Crippen LogP contribution is 2.06. The first-order chi connectivity index (χ1) is 6.45. The Kier molecular flexibility index (Phi) is 2.94. The van der Waals surface area contributed by atoms with Crippen LogP contribution in [0.5, 0.6) is 0 Å². The molecule has 1 aromatic heterocycles. The van der Waals surface area contributed by atoms with Crippen LogP contribution in [0.1, 0.15) is 18.6 Å². The lowest BCUT2D eigenvalue weighted by molar-refractivity contribution is 0.0691. The Hall–Kier alpha value is -0.870. The molecule has 0 bridgehead atoms. The van der Waals surface area contributed by atoms with Gasteiger partial charge in [-0.3, -0.25) is 0 Å². The molecule has 72 valence electrons. The molecule has 0 radical (unpaired) electrons. The van der Waals surface area contributed by atoms with Gasteiger partial charge in [-0.1, -0.05) is 5.16 Å². The second-order valence-corrected chi connectivity index (χ2v) is 3.27. The molecule has 0 saturated carbocycles. The van der Waals surface area contributed by atoms with Gasteiger partial charge in [0.25, 0.3) is 0 Å². The fraction of sp³-hybridized carbons (Fsp3) is 0.667. The highest BCUT2D eigenvalue weighted by Gasteiger charge is 2.13. The minimum Gasteiger partial charge on any atom is -0.380 e. The summed E-state index contributed by atoms with van der Waals surface area (Å²) in [6.07, 6.45) is 4.00. The maximum absolute atomic E-state index is 5.34. The minimum absolute atomic E-state index is 0.471.